The van der Waals surface area contributed by atoms with Gasteiger partial charge in [-0.2, -0.15) is 0 Å². The molecule has 1 aromatic rings. The van der Waals surface area contributed by atoms with E-state index in [9.17, 15) is 4.39 Å². The van der Waals surface area contributed by atoms with Crippen LogP contribution in [-0.2, 0) is 6.42 Å². The maximum absolute atomic E-state index is 12.9. The quantitative estimate of drug-likeness (QED) is 0.792. The van der Waals surface area contributed by atoms with E-state index in [1.807, 2.05) is 6.07 Å². The first kappa shape index (κ1) is 12.2. The molecule has 0 aliphatic heterocycles. The van der Waals surface area contributed by atoms with E-state index < -0.39 is 0 Å². The molecule has 0 aliphatic carbocycles. The molecule has 0 bridgehead atoms. The molecular weight excluding hydrogens is 189 g/mol. The highest BCUT2D eigenvalue weighted by Gasteiger charge is 2.14. The van der Waals surface area contributed by atoms with E-state index in [1.54, 1.807) is 12.1 Å². The fraction of sp³-hybridized carbons (Fsp3) is 0.538. The molecule has 1 aromatic carbocycles. The maximum Gasteiger partial charge on any atom is 0.123 e. The number of benzene rings is 1. The van der Waals surface area contributed by atoms with Crippen LogP contribution in [0.4, 0.5) is 4.39 Å². The first-order valence-corrected chi connectivity index (χ1v) is 5.67. The van der Waals surface area contributed by atoms with Gasteiger partial charge in [-0.25, -0.2) is 4.39 Å². The van der Waals surface area contributed by atoms with Crippen LogP contribution in [0.25, 0.3) is 0 Å². The molecule has 0 saturated heterocycles. The summed E-state index contributed by atoms with van der Waals surface area (Å²) in [6.07, 6.45) is 2.95. The smallest absolute Gasteiger partial charge is 0.123 e. The number of rotatable bonds is 5. The molecule has 2 N–H and O–H groups in total. The van der Waals surface area contributed by atoms with Crippen molar-refractivity contribution in [3.63, 3.8) is 0 Å². The lowest BCUT2D eigenvalue weighted by molar-refractivity contribution is 0.393. The molecule has 0 aliphatic rings. The molecule has 15 heavy (non-hydrogen) atoms. The Balaban J connectivity index is 2.61. The zero-order valence-electron chi connectivity index (χ0n) is 9.54. The Hall–Kier alpha value is -0.890. The molecule has 1 rings (SSSR count). The lowest BCUT2D eigenvalue weighted by Crippen LogP contribution is -2.31. The van der Waals surface area contributed by atoms with Crippen LogP contribution in [0.1, 0.15) is 32.3 Å². The summed E-state index contributed by atoms with van der Waals surface area (Å²) < 4.78 is 12.9. The summed E-state index contributed by atoms with van der Waals surface area (Å²) in [7, 11) is 0. The first-order chi connectivity index (χ1) is 7.17. The van der Waals surface area contributed by atoms with E-state index in [0.717, 1.165) is 24.8 Å². The topological polar surface area (TPSA) is 26.0 Å². The van der Waals surface area contributed by atoms with Gasteiger partial charge < -0.3 is 5.73 Å². The highest BCUT2D eigenvalue weighted by Crippen LogP contribution is 2.16. The average molecular weight is 209 g/mol. The molecule has 0 spiro atoms. The second kappa shape index (κ2) is 5.86. The Morgan fingerprint density at radius 3 is 2.47 bits per heavy atom. The summed E-state index contributed by atoms with van der Waals surface area (Å²) in [5.74, 6) is 0.359. The van der Waals surface area contributed by atoms with Crippen LogP contribution in [0.3, 0.4) is 0 Å². The van der Waals surface area contributed by atoms with Crippen molar-refractivity contribution < 1.29 is 4.39 Å². The lowest BCUT2D eigenvalue weighted by Gasteiger charge is -2.21. The average Bonchev–Trinajstić information content (AvgIpc) is 2.19. The van der Waals surface area contributed by atoms with Gasteiger partial charge in [0.25, 0.3) is 0 Å². The molecule has 1 nitrogen and oxygen atoms in total. The van der Waals surface area contributed by atoms with Crippen LogP contribution >= 0.6 is 0 Å². The third-order valence-electron chi connectivity index (χ3n) is 3.01. The minimum Gasteiger partial charge on any atom is -0.327 e. The van der Waals surface area contributed by atoms with Crippen LogP contribution < -0.4 is 5.73 Å². The largest absolute Gasteiger partial charge is 0.327 e. The van der Waals surface area contributed by atoms with Gasteiger partial charge in [-0.3, -0.25) is 0 Å². The highest BCUT2D eigenvalue weighted by molar-refractivity contribution is 5.17. The van der Waals surface area contributed by atoms with Crippen molar-refractivity contribution in [1.29, 1.82) is 0 Å². The fourth-order valence-corrected chi connectivity index (χ4v) is 2.00. The predicted molar refractivity (Wildman–Crippen MR) is 62.2 cm³/mol. The van der Waals surface area contributed by atoms with Gasteiger partial charge in [0.2, 0.25) is 0 Å². The molecule has 2 heteroatoms. The van der Waals surface area contributed by atoms with E-state index in [2.05, 4.69) is 13.8 Å². The van der Waals surface area contributed by atoms with Crippen molar-refractivity contribution in [2.75, 3.05) is 0 Å². The second-order valence-electron chi connectivity index (χ2n) is 4.07. The Morgan fingerprint density at radius 2 is 1.93 bits per heavy atom. The van der Waals surface area contributed by atoms with Gasteiger partial charge in [-0.1, -0.05) is 38.8 Å². The van der Waals surface area contributed by atoms with E-state index in [0.29, 0.717) is 5.92 Å². The van der Waals surface area contributed by atoms with Crippen LogP contribution in [0.15, 0.2) is 24.3 Å². The molecular formula is C13H20FN. The van der Waals surface area contributed by atoms with Gasteiger partial charge in [0.1, 0.15) is 5.82 Å². The summed E-state index contributed by atoms with van der Waals surface area (Å²) in [4.78, 5) is 0. The van der Waals surface area contributed by atoms with E-state index in [4.69, 9.17) is 5.73 Å². The van der Waals surface area contributed by atoms with Crippen LogP contribution in [0, 0.1) is 11.7 Å². The van der Waals surface area contributed by atoms with Gasteiger partial charge >= 0.3 is 0 Å². The summed E-state index contributed by atoms with van der Waals surface area (Å²) >= 11 is 0. The molecule has 0 aromatic heterocycles. The van der Waals surface area contributed by atoms with Gasteiger partial charge in [-0.15, -0.1) is 0 Å². The van der Waals surface area contributed by atoms with Crippen molar-refractivity contribution in [2.45, 2.75) is 39.2 Å². The van der Waals surface area contributed by atoms with Gasteiger partial charge in [0, 0.05) is 6.04 Å². The van der Waals surface area contributed by atoms with Crippen molar-refractivity contribution >= 4 is 0 Å². The van der Waals surface area contributed by atoms with Crippen molar-refractivity contribution in [1.82, 2.24) is 0 Å². The lowest BCUT2D eigenvalue weighted by atomic mass is 9.90. The molecule has 0 amide bonds. The Kier molecular flexibility index (Phi) is 4.76. The van der Waals surface area contributed by atoms with E-state index in [-0.39, 0.29) is 11.9 Å². The third-order valence-corrected chi connectivity index (χ3v) is 3.01. The monoisotopic (exact) mass is 209 g/mol. The maximum atomic E-state index is 12.9. The van der Waals surface area contributed by atoms with Crippen LogP contribution in [0.2, 0.25) is 0 Å². The number of halogens is 1. The Bertz CT molecular complexity index is 294. The zero-order chi connectivity index (χ0) is 11.3. The Labute approximate surface area is 91.5 Å². The van der Waals surface area contributed by atoms with Gasteiger partial charge in [-0.05, 0) is 30.0 Å². The molecule has 0 radical (unpaired) electrons. The standard InChI is InChI=1S/C13H20FN/c1-3-11(4-2)13(15)9-10-6-5-7-12(14)8-10/h5-8,11,13H,3-4,9,15H2,1-2H3. The van der Waals surface area contributed by atoms with Gasteiger partial charge in [0.05, 0.1) is 0 Å². The number of nitrogens with two attached hydrogens (primary N) is 1. The fourth-order valence-electron chi connectivity index (χ4n) is 2.00. The van der Waals surface area contributed by atoms with Crippen molar-refractivity contribution in [2.24, 2.45) is 11.7 Å². The van der Waals surface area contributed by atoms with E-state index >= 15 is 0 Å². The SMILES string of the molecule is CCC(CC)C(N)Cc1cccc(F)c1. The first-order valence-electron chi connectivity index (χ1n) is 5.67. The van der Waals surface area contributed by atoms with Crippen LogP contribution in [0.5, 0.6) is 0 Å². The minimum atomic E-state index is -0.177. The molecule has 1 atom stereocenters. The Morgan fingerprint density at radius 1 is 1.27 bits per heavy atom. The molecule has 1 unspecified atom stereocenters. The van der Waals surface area contributed by atoms with Crippen molar-refractivity contribution in [3.8, 4) is 0 Å². The molecule has 0 saturated carbocycles. The summed E-state index contributed by atoms with van der Waals surface area (Å²) in [6.45, 7) is 4.30. The summed E-state index contributed by atoms with van der Waals surface area (Å²) in [6, 6.07) is 6.85. The summed E-state index contributed by atoms with van der Waals surface area (Å²) in [5, 5.41) is 0. The normalized spacial score (nSPS) is 13.1. The molecule has 84 valence electrons. The molecule has 0 fully saturated rings. The zero-order valence-corrected chi connectivity index (χ0v) is 9.54. The van der Waals surface area contributed by atoms with Crippen LogP contribution in [-0.4, -0.2) is 6.04 Å². The highest BCUT2D eigenvalue weighted by atomic mass is 19.1. The second-order valence-corrected chi connectivity index (χ2v) is 4.07. The third kappa shape index (κ3) is 3.63. The van der Waals surface area contributed by atoms with Gasteiger partial charge in [0.15, 0.2) is 0 Å². The molecule has 0 heterocycles. The van der Waals surface area contributed by atoms with E-state index in [1.165, 1.54) is 6.07 Å². The number of hydrogen-bond donors (Lipinski definition) is 1. The predicted octanol–water partition coefficient (Wildman–Crippen LogP) is 3.13. The number of hydrogen-bond acceptors (Lipinski definition) is 1. The minimum absolute atomic E-state index is 0.141. The summed E-state index contributed by atoms with van der Waals surface area (Å²) in [5.41, 5.74) is 7.09. The van der Waals surface area contributed by atoms with Crippen molar-refractivity contribution in [3.05, 3.63) is 35.6 Å².